The maximum atomic E-state index is 12.5. The summed E-state index contributed by atoms with van der Waals surface area (Å²) in [6.07, 6.45) is 0. The number of azo groups is 1. The molecule has 3 aromatic carbocycles. The Hall–Kier alpha value is -3.04. The average molecular weight is 624 g/mol. The molecule has 3 aromatic rings. The van der Waals surface area contributed by atoms with E-state index in [9.17, 15) is 33.7 Å². The molecule has 0 saturated heterocycles. The molecule has 212 valence electrons. The van der Waals surface area contributed by atoms with Gasteiger partial charge in [0.05, 0.1) is 45.9 Å². The number of anilines is 1. The standard InChI is InChI=1S/C20H21N3O12S4/c21-19-8-1-14-13-17(37(26,27)12-10-35-39(31,32)33)6-7-18(14)20(19)23-22-15-2-4-16(5-3-15)36(24,25)11-9-34-38(28,29)30/h1-8,13H,9-12,21H2,(H,28,29,30)(H,31,32,33). The minimum Gasteiger partial charge on any atom is -0.397 e. The lowest BCUT2D eigenvalue weighted by Gasteiger charge is -2.09. The molecule has 0 aromatic heterocycles. The van der Waals surface area contributed by atoms with Gasteiger partial charge in [0.25, 0.3) is 0 Å². The van der Waals surface area contributed by atoms with Gasteiger partial charge in [-0.15, -0.1) is 5.11 Å². The Morgan fingerprint density at radius 1 is 0.667 bits per heavy atom. The van der Waals surface area contributed by atoms with Crippen LogP contribution in [0.15, 0.2) is 74.6 Å². The molecule has 3 rings (SSSR count). The van der Waals surface area contributed by atoms with Crippen LogP contribution in [-0.4, -0.2) is 67.5 Å². The highest BCUT2D eigenvalue weighted by molar-refractivity contribution is 7.91. The van der Waals surface area contributed by atoms with Gasteiger partial charge < -0.3 is 5.73 Å². The topological polar surface area (TPSA) is 246 Å². The predicted octanol–water partition coefficient (Wildman–Crippen LogP) is 2.02. The molecule has 0 aliphatic rings. The van der Waals surface area contributed by atoms with E-state index in [1.165, 1.54) is 48.5 Å². The molecule has 0 atom stereocenters. The van der Waals surface area contributed by atoms with E-state index in [0.717, 1.165) is 0 Å². The third kappa shape index (κ3) is 8.73. The summed E-state index contributed by atoms with van der Waals surface area (Å²) < 4.78 is 117. The van der Waals surface area contributed by atoms with Gasteiger partial charge in [-0.2, -0.15) is 21.9 Å². The molecule has 0 bridgehead atoms. The Balaban J connectivity index is 1.81. The van der Waals surface area contributed by atoms with Crippen LogP contribution in [0, 0.1) is 0 Å². The van der Waals surface area contributed by atoms with Crippen molar-refractivity contribution in [1.82, 2.24) is 0 Å². The Morgan fingerprint density at radius 3 is 1.72 bits per heavy atom. The lowest BCUT2D eigenvalue weighted by Crippen LogP contribution is -2.15. The van der Waals surface area contributed by atoms with Gasteiger partial charge in [0, 0.05) is 5.39 Å². The minimum atomic E-state index is -4.79. The van der Waals surface area contributed by atoms with Crippen molar-refractivity contribution in [2.24, 2.45) is 10.2 Å². The number of rotatable bonds is 12. The lowest BCUT2D eigenvalue weighted by molar-refractivity contribution is 0.282. The van der Waals surface area contributed by atoms with E-state index in [2.05, 4.69) is 18.6 Å². The summed E-state index contributed by atoms with van der Waals surface area (Å²) in [5.41, 5.74) is 6.66. The van der Waals surface area contributed by atoms with E-state index >= 15 is 0 Å². The summed E-state index contributed by atoms with van der Waals surface area (Å²) in [6.45, 7) is -1.55. The Morgan fingerprint density at radius 2 is 1.18 bits per heavy atom. The van der Waals surface area contributed by atoms with Crippen molar-refractivity contribution in [3.8, 4) is 0 Å². The van der Waals surface area contributed by atoms with E-state index in [-0.39, 0.29) is 26.9 Å². The first kappa shape index (κ1) is 30.5. The molecule has 0 unspecified atom stereocenters. The Kier molecular flexibility index (Phi) is 9.07. The van der Waals surface area contributed by atoms with Crippen LogP contribution in [-0.2, 0) is 48.8 Å². The Bertz CT molecular complexity index is 1840. The van der Waals surface area contributed by atoms with Gasteiger partial charge in [-0.3, -0.25) is 9.11 Å². The summed E-state index contributed by atoms with van der Waals surface area (Å²) >= 11 is 0. The summed E-state index contributed by atoms with van der Waals surface area (Å²) in [6, 6.07) is 12.1. The van der Waals surface area contributed by atoms with Crippen LogP contribution in [0.2, 0.25) is 0 Å². The SMILES string of the molecule is Nc1ccc2cc(S(=O)(=O)CCOS(=O)(=O)O)ccc2c1N=Nc1ccc(S(=O)(=O)CCOS(=O)(=O)O)cc1. The molecule has 0 fully saturated rings. The fourth-order valence-electron chi connectivity index (χ4n) is 3.18. The van der Waals surface area contributed by atoms with Crippen LogP contribution in [0.1, 0.15) is 0 Å². The molecule has 0 aliphatic heterocycles. The highest BCUT2D eigenvalue weighted by Gasteiger charge is 2.19. The molecule has 0 heterocycles. The van der Waals surface area contributed by atoms with Gasteiger partial charge >= 0.3 is 20.8 Å². The lowest BCUT2D eigenvalue weighted by atomic mass is 10.1. The molecular weight excluding hydrogens is 602 g/mol. The molecular formula is C20H21N3O12S4. The molecule has 0 spiro atoms. The zero-order chi connectivity index (χ0) is 29.1. The highest BCUT2D eigenvalue weighted by Crippen LogP contribution is 2.35. The van der Waals surface area contributed by atoms with Gasteiger partial charge in [-0.1, -0.05) is 12.1 Å². The third-order valence-electron chi connectivity index (χ3n) is 4.98. The van der Waals surface area contributed by atoms with Crippen molar-refractivity contribution in [1.29, 1.82) is 0 Å². The summed E-state index contributed by atoms with van der Waals surface area (Å²) in [5.74, 6) is -1.41. The van der Waals surface area contributed by atoms with E-state index in [4.69, 9.17) is 14.8 Å². The summed E-state index contributed by atoms with van der Waals surface area (Å²) in [4.78, 5) is -0.291. The molecule has 39 heavy (non-hydrogen) atoms. The van der Waals surface area contributed by atoms with Crippen molar-refractivity contribution in [2.75, 3.05) is 30.5 Å². The van der Waals surface area contributed by atoms with Crippen LogP contribution in [0.3, 0.4) is 0 Å². The maximum absolute atomic E-state index is 12.5. The number of nitrogen functional groups attached to an aromatic ring is 1. The van der Waals surface area contributed by atoms with Crippen LogP contribution in [0.5, 0.6) is 0 Å². The van der Waals surface area contributed by atoms with Gasteiger partial charge in [0.15, 0.2) is 19.7 Å². The molecule has 4 N–H and O–H groups in total. The van der Waals surface area contributed by atoms with Gasteiger partial charge in [0.2, 0.25) is 0 Å². The number of nitrogens with two attached hydrogens (primary N) is 1. The number of benzene rings is 3. The molecule has 15 nitrogen and oxygen atoms in total. The maximum Gasteiger partial charge on any atom is 0.397 e. The fraction of sp³-hybridized carbons (Fsp3) is 0.200. The van der Waals surface area contributed by atoms with Crippen LogP contribution < -0.4 is 5.73 Å². The van der Waals surface area contributed by atoms with Crippen molar-refractivity contribution in [3.05, 3.63) is 54.6 Å². The van der Waals surface area contributed by atoms with Crippen molar-refractivity contribution < 1.29 is 51.1 Å². The number of sulfone groups is 2. The first-order valence-electron chi connectivity index (χ1n) is 10.5. The van der Waals surface area contributed by atoms with E-state index in [0.29, 0.717) is 10.8 Å². The molecule has 0 aliphatic carbocycles. The Labute approximate surface area is 224 Å². The predicted molar refractivity (Wildman–Crippen MR) is 138 cm³/mol. The van der Waals surface area contributed by atoms with Crippen molar-refractivity contribution in [2.45, 2.75) is 9.79 Å². The molecule has 19 heteroatoms. The normalized spacial score (nSPS) is 13.3. The fourth-order valence-corrected chi connectivity index (χ4v) is 6.18. The van der Waals surface area contributed by atoms with Gasteiger partial charge in [0.1, 0.15) is 5.69 Å². The second-order valence-corrected chi connectivity index (χ2v) is 14.1. The van der Waals surface area contributed by atoms with Crippen molar-refractivity contribution in [3.63, 3.8) is 0 Å². The smallest absolute Gasteiger partial charge is 0.397 e. The van der Waals surface area contributed by atoms with E-state index in [1.54, 1.807) is 6.07 Å². The van der Waals surface area contributed by atoms with Gasteiger partial charge in [-0.25, -0.2) is 25.2 Å². The molecule has 0 radical (unpaired) electrons. The monoisotopic (exact) mass is 623 g/mol. The van der Waals surface area contributed by atoms with Crippen LogP contribution >= 0.6 is 0 Å². The molecule has 0 saturated carbocycles. The third-order valence-corrected chi connectivity index (χ3v) is 9.28. The number of hydrogen-bond acceptors (Lipinski definition) is 13. The first-order valence-corrected chi connectivity index (χ1v) is 16.5. The van der Waals surface area contributed by atoms with Gasteiger partial charge in [-0.05, 0) is 47.9 Å². The number of hydrogen-bond donors (Lipinski definition) is 3. The zero-order valence-corrected chi connectivity index (χ0v) is 22.9. The molecule has 0 amide bonds. The number of fused-ring (bicyclic) bond motifs is 1. The summed E-state index contributed by atoms with van der Waals surface area (Å²) in [7, 11) is -17.4. The second-order valence-electron chi connectivity index (χ2n) is 7.72. The van der Waals surface area contributed by atoms with Crippen LogP contribution in [0.25, 0.3) is 10.8 Å². The quantitative estimate of drug-likeness (QED) is 0.149. The van der Waals surface area contributed by atoms with E-state index < -0.39 is 65.2 Å². The minimum absolute atomic E-state index is 0.139. The summed E-state index contributed by atoms with van der Waals surface area (Å²) in [5, 5.41) is 9.01. The number of nitrogens with zero attached hydrogens (tertiary/aromatic N) is 2. The van der Waals surface area contributed by atoms with Crippen LogP contribution in [0.4, 0.5) is 17.1 Å². The van der Waals surface area contributed by atoms with E-state index in [1.807, 2.05) is 0 Å². The highest BCUT2D eigenvalue weighted by atomic mass is 32.3. The zero-order valence-electron chi connectivity index (χ0n) is 19.6. The average Bonchev–Trinajstić information content (AvgIpc) is 2.81. The van der Waals surface area contributed by atoms with Crippen molar-refractivity contribution >= 4 is 68.3 Å². The first-order chi connectivity index (χ1) is 18.0. The second kappa shape index (κ2) is 11.6. The largest absolute Gasteiger partial charge is 0.397 e.